The van der Waals surface area contributed by atoms with Gasteiger partial charge in [-0.3, -0.25) is 4.90 Å². The topological polar surface area (TPSA) is 3.24 Å². The molecular weight excluding hydrogens is 302 g/mol. The molecule has 1 nitrogen and oxygen atoms in total. The summed E-state index contributed by atoms with van der Waals surface area (Å²) >= 11 is 0. The molecule has 1 aliphatic rings. The van der Waals surface area contributed by atoms with Crippen molar-refractivity contribution in [2.24, 2.45) is 17.3 Å². The number of rotatable bonds is 13. The van der Waals surface area contributed by atoms with Crippen LogP contribution in [0.1, 0.15) is 92.4 Å². The molecule has 0 N–H and O–H groups in total. The van der Waals surface area contributed by atoms with Crippen molar-refractivity contribution in [2.45, 2.75) is 98.4 Å². The summed E-state index contributed by atoms with van der Waals surface area (Å²) in [5, 5.41) is 0. The first kappa shape index (κ1) is 22.5. The predicted molar refractivity (Wildman–Crippen MR) is 114 cm³/mol. The third kappa shape index (κ3) is 6.93. The molecule has 1 aliphatic carbocycles. The summed E-state index contributed by atoms with van der Waals surface area (Å²) in [6, 6.07) is 0.541. The number of hydrogen-bond acceptors (Lipinski definition) is 1. The maximum atomic E-state index is 3.98. The van der Waals surface area contributed by atoms with Crippen LogP contribution in [0.15, 0.2) is 24.3 Å². The quantitative estimate of drug-likeness (QED) is 0.251. The van der Waals surface area contributed by atoms with E-state index >= 15 is 0 Å². The van der Waals surface area contributed by atoms with Crippen molar-refractivity contribution in [3.63, 3.8) is 0 Å². The molecule has 1 heteroatoms. The predicted octanol–water partition coefficient (Wildman–Crippen LogP) is 7.24. The molecule has 1 rings (SSSR count). The van der Waals surface area contributed by atoms with Crippen molar-refractivity contribution >= 4 is 0 Å². The highest BCUT2D eigenvalue weighted by Crippen LogP contribution is 2.48. The summed E-state index contributed by atoms with van der Waals surface area (Å²) in [7, 11) is 2.25. The third-order valence-corrected chi connectivity index (χ3v) is 6.84. The average Bonchev–Trinajstić information content (AvgIpc) is 2.51. The number of likely N-dealkylation sites (N-methyl/N-ethyl adjacent to an activating group) is 1. The summed E-state index contributed by atoms with van der Waals surface area (Å²) in [4.78, 5) is 2.47. The molecule has 0 aromatic rings. The van der Waals surface area contributed by atoms with Gasteiger partial charge in [-0.15, -0.1) is 6.58 Å². The SMILES string of the molecule is C=CC(CC)N(C)CCCCC(C)(C/C=C(\CC)C(C)C)C1CCC1. The van der Waals surface area contributed by atoms with Crippen molar-refractivity contribution in [3.05, 3.63) is 24.3 Å². The van der Waals surface area contributed by atoms with Crippen molar-refractivity contribution in [2.75, 3.05) is 13.6 Å². The minimum Gasteiger partial charge on any atom is -0.300 e. The van der Waals surface area contributed by atoms with E-state index in [4.69, 9.17) is 0 Å². The number of unbranched alkanes of at least 4 members (excludes halogenated alkanes) is 1. The van der Waals surface area contributed by atoms with Gasteiger partial charge in [0.1, 0.15) is 0 Å². The number of nitrogens with zero attached hydrogens (tertiary/aromatic N) is 1. The summed E-state index contributed by atoms with van der Waals surface area (Å²) in [6.45, 7) is 17.0. The fraction of sp³-hybridized carbons (Fsp3) is 0.833. The molecule has 0 aromatic carbocycles. The van der Waals surface area contributed by atoms with Gasteiger partial charge in [-0.05, 0) is 75.8 Å². The molecule has 0 saturated heterocycles. The normalized spacial score (nSPS) is 19.8. The van der Waals surface area contributed by atoms with Crippen molar-refractivity contribution in [1.82, 2.24) is 4.90 Å². The Morgan fingerprint density at radius 1 is 1.24 bits per heavy atom. The van der Waals surface area contributed by atoms with Crippen LogP contribution in [0.25, 0.3) is 0 Å². The number of allylic oxidation sites excluding steroid dienone is 2. The molecule has 0 heterocycles. The van der Waals surface area contributed by atoms with Crippen LogP contribution < -0.4 is 0 Å². The summed E-state index contributed by atoms with van der Waals surface area (Å²) in [5.74, 6) is 1.66. The first-order valence-electron chi connectivity index (χ1n) is 10.9. The van der Waals surface area contributed by atoms with Gasteiger partial charge in [0.05, 0.1) is 0 Å². The van der Waals surface area contributed by atoms with E-state index in [1.807, 2.05) is 0 Å². The highest BCUT2D eigenvalue weighted by Gasteiger charge is 2.36. The van der Waals surface area contributed by atoms with Crippen LogP contribution in [0.5, 0.6) is 0 Å². The van der Waals surface area contributed by atoms with E-state index in [2.05, 4.69) is 65.3 Å². The minimum absolute atomic E-state index is 0.523. The number of hydrogen-bond donors (Lipinski definition) is 0. The van der Waals surface area contributed by atoms with Gasteiger partial charge in [-0.2, -0.15) is 0 Å². The van der Waals surface area contributed by atoms with Crippen LogP contribution in [-0.2, 0) is 0 Å². The molecule has 2 unspecified atom stereocenters. The second-order valence-electron chi connectivity index (χ2n) is 8.92. The largest absolute Gasteiger partial charge is 0.300 e. The zero-order valence-electron chi connectivity index (χ0n) is 18.1. The molecular formula is C24H45N. The smallest absolute Gasteiger partial charge is 0.0269 e. The maximum absolute atomic E-state index is 3.98. The Morgan fingerprint density at radius 2 is 1.92 bits per heavy atom. The Bertz CT molecular complexity index is 404. The Kier molecular flexibility index (Phi) is 10.1. The van der Waals surface area contributed by atoms with Gasteiger partial charge in [-0.1, -0.05) is 65.2 Å². The molecule has 2 atom stereocenters. The first-order valence-corrected chi connectivity index (χ1v) is 10.9. The lowest BCUT2D eigenvalue weighted by Crippen LogP contribution is -2.33. The lowest BCUT2D eigenvalue weighted by atomic mass is 9.62. The maximum Gasteiger partial charge on any atom is 0.0269 e. The van der Waals surface area contributed by atoms with Crippen LogP contribution in [0.3, 0.4) is 0 Å². The fourth-order valence-corrected chi connectivity index (χ4v) is 4.44. The Labute approximate surface area is 159 Å². The molecule has 0 radical (unpaired) electrons. The van der Waals surface area contributed by atoms with Crippen LogP contribution in [0.2, 0.25) is 0 Å². The van der Waals surface area contributed by atoms with Gasteiger partial charge in [-0.25, -0.2) is 0 Å². The molecule has 0 amide bonds. The Hall–Kier alpha value is -0.560. The molecule has 0 bridgehead atoms. The van der Waals surface area contributed by atoms with Gasteiger partial charge in [0.2, 0.25) is 0 Å². The van der Waals surface area contributed by atoms with E-state index in [-0.39, 0.29) is 0 Å². The standard InChI is InChI=1S/C24H45N/c1-8-21(20(4)5)16-18-24(6,22-14-13-15-22)17-11-12-19-25(7)23(9-2)10-3/h9,16,20,22-23H,2,8,10-15,17-19H2,1,3-7H3/b21-16+. The molecule has 1 saturated carbocycles. The van der Waals surface area contributed by atoms with Gasteiger partial charge < -0.3 is 0 Å². The zero-order chi connectivity index (χ0) is 18.9. The molecule has 1 fully saturated rings. The monoisotopic (exact) mass is 347 g/mol. The highest BCUT2D eigenvalue weighted by atomic mass is 15.1. The highest BCUT2D eigenvalue weighted by molar-refractivity contribution is 5.07. The first-order chi connectivity index (χ1) is 11.9. The minimum atomic E-state index is 0.523. The summed E-state index contributed by atoms with van der Waals surface area (Å²) in [5.41, 5.74) is 2.18. The lowest BCUT2D eigenvalue weighted by Gasteiger charge is -2.43. The molecule has 25 heavy (non-hydrogen) atoms. The zero-order valence-corrected chi connectivity index (χ0v) is 18.1. The second-order valence-corrected chi connectivity index (χ2v) is 8.92. The Morgan fingerprint density at radius 3 is 2.36 bits per heavy atom. The third-order valence-electron chi connectivity index (χ3n) is 6.84. The van der Waals surface area contributed by atoms with E-state index in [9.17, 15) is 0 Å². The van der Waals surface area contributed by atoms with Crippen LogP contribution in [0.4, 0.5) is 0 Å². The molecule has 0 aromatic heterocycles. The summed E-state index contributed by atoms with van der Waals surface area (Å²) in [6.07, 6.45) is 16.8. The fourth-order valence-electron chi connectivity index (χ4n) is 4.44. The summed E-state index contributed by atoms with van der Waals surface area (Å²) < 4.78 is 0. The molecule has 146 valence electrons. The van der Waals surface area contributed by atoms with E-state index in [1.54, 1.807) is 5.57 Å². The van der Waals surface area contributed by atoms with Gasteiger partial charge in [0.15, 0.2) is 0 Å². The average molecular weight is 348 g/mol. The molecule has 0 spiro atoms. The Balaban J connectivity index is 2.54. The molecule has 0 aliphatic heterocycles. The van der Waals surface area contributed by atoms with Crippen LogP contribution in [-0.4, -0.2) is 24.5 Å². The van der Waals surface area contributed by atoms with E-state index in [0.29, 0.717) is 17.4 Å². The second kappa shape index (κ2) is 11.2. The van der Waals surface area contributed by atoms with Crippen molar-refractivity contribution < 1.29 is 0 Å². The van der Waals surface area contributed by atoms with Crippen molar-refractivity contribution in [3.8, 4) is 0 Å². The van der Waals surface area contributed by atoms with E-state index in [1.165, 1.54) is 64.3 Å². The van der Waals surface area contributed by atoms with Crippen LogP contribution in [0, 0.1) is 17.3 Å². The van der Waals surface area contributed by atoms with E-state index < -0.39 is 0 Å². The van der Waals surface area contributed by atoms with Gasteiger partial charge in [0.25, 0.3) is 0 Å². The van der Waals surface area contributed by atoms with Crippen molar-refractivity contribution in [1.29, 1.82) is 0 Å². The van der Waals surface area contributed by atoms with E-state index in [0.717, 1.165) is 5.92 Å². The van der Waals surface area contributed by atoms with Crippen LogP contribution >= 0.6 is 0 Å². The lowest BCUT2D eigenvalue weighted by molar-refractivity contribution is 0.0891. The van der Waals surface area contributed by atoms with Gasteiger partial charge in [0, 0.05) is 6.04 Å². The van der Waals surface area contributed by atoms with Gasteiger partial charge >= 0.3 is 0 Å².